The van der Waals surface area contributed by atoms with Crippen LogP contribution in [0.1, 0.15) is 6.42 Å². The third-order valence-electron chi connectivity index (χ3n) is 0.258. The summed E-state index contributed by atoms with van der Waals surface area (Å²) >= 11 is 2.47. The first-order valence-electron chi connectivity index (χ1n) is 1.43. The van der Waals surface area contributed by atoms with E-state index in [1.807, 2.05) is 0 Å². The van der Waals surface area contributed by atoms with Gasteiger partial charge in [0.05, 0.1) is 0 Å². The Bertz CT molecular complexity index is 69.2. The molecule has 0 amide bonds. The van der Waals surface area contributed by atoms with Crippen LogP contribution in [-0.2, 0) is 4.79 Å². The first-order valence-corrected chi connectivity index (χ1v) is 2.41. The number of hydrogen-bond donors (Lipinski definition) is 1. The van der Waals surface area contributed by atoms with Crippen LogP contribution in [0, 0.1) is 0 Å². The van der Waals surface area contributed by atoms with Crippen LogP contribution < -0.4 is 0 Å². The van der Waals surface area contributed by atoms with Gasteiger partial charge in [0.2, 0.25) is 0 Å². The predicted octanol–water partition coefficient (Wildman–Crippen LogP) is -0.568. The zero-order chi connectivity index (χ0) is 4.99. The fraction of sp³-hybridized carbons (Fsp3) is 0.333. The number of rotatable bonds is 2. The molecule has 0 fully saturated rings. The van der Waals surface area contributed by atoms with Gasteiger partial charge in [-0.1, -0.05) is 0 Å². The van der Waals surface area contributed by atoms with Gasteiger partial charge in [-0.05, 0) is 0 Å². The average Bonchev–Trinajstić information content (AvgIpc) is 1.35. The molecule has 0 atom stereocenters. The Balaban J connectivity index is 3.05. The van der Waals surface area contributed by atoms with E-state index in [-0.39, 0.29) is 6.42 Å². The zero-order valence-corrected chi connectivity index (χ0v) is 4.76. The molecule has 0 saturated carbocycles. The maximum atomic E-state index is 9.55. The van der Waals surface area contributed by atoms with Crippen LogP contribution in [0.4, 0.5) is 0 Å². The van der Waals surface area contributed by atoms with Gasteiger partial charge in [0, 0.05) is 0 Å². The van der Waals surface area contributed by atoms with Crippen molar-refractivity contribution >= 4 is 26.5 Å². The van der Waals surface area contributed by atoms with Crippen molar-refractivity contribution in [2.75, 3.05) is 0 Å². The summed E-state index contributed by atoms with van der Waals surface area (Å²) in [5.41, 5.74) is 0. The average molecular weight is 151 g/mol. The maximum absolute atomic E-state index is 9.55. The van der Waals surface area contributed by atoms with Crippen molar-refractivity contribution in [1.29, 1.82) is 0 Å². The Morgan fingerprint density at radius 3 is 2.50 bits per heavy atom. The van der Waals surface area contributed by atoms with Crippen LogP contribution in [0.3, 0.4) is 0 Å². The van der Waals surface area contributed by atoms with Gasteiger partial charge in [0.15, 0.2) is 0 Å². The quantitative estimate of drug-likeness (QED) is 0.536. The van der Waals surface area contributed by atoms with Crippen molar-refractivity contribution in [3.8, 4) is 0 Å². The van der Waals surface area contributed by atoms with Crippen molar-refractivity contribution in [1.82, 2.24) is 0 Å². The summed E-state index contributed by atoms with van der Waals surface area (Å²) in [6, 6.07) is 0. The van der Waals surface area contributed by atoms with E-state index in [9.17, 15) is 4.79 Å². The Kier molecular flexibility index (Phi) is 2.99. The van der Waals surface area contributed by atoms with E-state index < -0.39 is 5.97 Å². The molecule has 0 aliphatic carbocycles. The Labute approximate surface area is 43.5 Å². The molecule has 0 aromatic rings. The molecule has 0 aromatic heterocycles. The minimum atomic E-state index is -0.797. The number of carbonyl (C=O) groups is 1. The van der Waals surface area contributed by atoms with Crippen LogP contribution in [0.2, 0.25) is 0 Å². The summed E-state index contributed by atoms with van der Waals surface area (Å²) in [6.45, 7) is 0. The van der Waals surface area contributed by atoms with Crippen LogP contribution in [0.15, 0.2) is 0 Å². The van der Waals surface area contributed by atoms with Gasteiger partial charge >= 0.3 is 42.8 Å². The molecule has 0 rings (SSSR count). The van der Waals surface area contributed by atoms with Gasteiger partial charge in [0.1, 0.15) is 0 Å². The van der Waals surface area contributed by atoms with Crippen LogP contribution >= 0.6 is 0 Å². The molecule has 34 valence electrons. The molecule has 0 aromatic carbocycles. The summed E-state index contributed by atoms with van der Waals surface area (Å²) < 4.78 is 0. The topological polar surface area (TPSA) is 37.3 Å². The van der Waals surface area contributed by atoms with Crippen LogP contribution in [0.5, 0.6) is 0 Å². The summed E-state index contributed by atoms with van der Waals surface area (Å²) in [5, 5.41) is 7.86. The van der Waals surface area contributed by atoms with Crippen molar-refractivity contribution in [3.63, 3.8) is 0 Å². The molecule has 6 heavy (non-hydrogen) atoms. The van der Waals surface area contributed by atoms with Gasteiger partial charge in [-0.2, -0.15) is 0 Å². The van der Waals surface area contributed by atoms with E-state index in [0.717, 1.165) is 0 Å². The van der Waals surface area contributed by atoms with Crippen LogP contribution in [-0.4, -0.2) is 31.6 Å². The molecule has 0 bridgehead atoms. The van der Waals surface area contributed by atoms with Crippen molar-refractivity contribution in [2.45, 2.75) is 6.42 Å². The van der Waals surface area contributed by atoms with Crippen molar-refractivity contribution in [3.05, 3.63) is 0 Å². The van der Waals surface area contributed by atoms with E-state index >= 15 is 0 Å². The van der Waals surface area contributed by atoms with Gasteiger partial charge in [-0.25, -0.2) is 0 Å². The van der Waals surface area contributed by atoms with E-state index in [1.54, 1.807) is 0 Å². The standard InChI is InChI=1S/C3H4O2Se/c4-3(5)1-2-6/h2H,1H2,(H,4,5). The molecule has 0 heterocycles. The summed E-state index contributed by atoms with van der Waals surface area (Å²) in [5.74, 6) is -0.797. The Hall–Kier alpha value is -0.141. The Morgan fingerprint density at radius 1 is 2.00 bits per heavy atom. The predicted molar refractivity (Wildman–Crippen MR) is 24.1 cm³/mol. The number of carboxylic acids is 1. The fourth-order valence-electron chi connectivity index (χ4n) is 0.0713. The molecule has 0 radical (unpaired) electrons. The fourth-order valence-corrected chi connectivity index (χ4v) is 0.370. The van der Waals surface area contributed by atoms with Gasteiger partial charge < -0.3 is 0 Å². The summed E-state index contributed by atoms with van der Waals surface area (Å²) in [7, 11) is 0. The molecule has 0 unspecified atom stereocenters. The molecule has 0 spiro atoms. The first-order chi connectivity index (χ1) is 2.77. The van der Waals surface area contributed by atoms with Crippen molar-refractivity contribution in [2.24, 2.45) is 0 Å². The number of carboxylic acid groups (broad SMARTS) is 1. The van der Waals surface area contributed by atoms with E-state index in [4.69, 9.17) is 5.11 Å². The van der Waals surface area contributed by atoms with Gasteiger partial charge in [-0.3, -0.25) is 0 Å². The van der Waals surface area contributed by atoms with Crippen LogP contribution in [0.25, 0.3) is 0 Å². The third-order valence-corrected chi connectivity index (χ3v) is 0.608. The summed E-state index contributed by atoms with van der Waals surface area (Å²) in [6.07, 6.45) is 0.111. The van der Waals surface area contributed by atoms with E-state index in [0.29, 0.717) is 0 Å². The molecular weight excluding hydrogens is 147 g/mol. The second kappa shape index (κ2) is 3.07. The summed E-state index contributed by atoms with van der Waals surface area (Å²) in [4.78, 5) is 11.0. The normalized spacial score (nSPS) is 7.33. The number of hydrogen-bond acceptors (Lipinski definition) is 1. The second-order valence-electron chi connectivity index (χ2n) is 0.765. The molecular formula is C3H4O2Se. The second-order valence-corrected chi connectivity index (χ2v) is 1.46. The zero-order valence-electron chi connectivity index (χ0n) is 3.05. The van der Waals surface area contributed by atoms with Gasteiger partial charge in [0.25, 0.3) is 0 Å². The SMILES string of the molecule is O=C(O)CC=[Se]. The molecule has 2 nitrogen and oxygen atoms in total. The van der Waals surface area contributed by atoms with Crippen molar-refractivity contribution < 1.29 is 9.90 Å². The molecule has 0 aliphatic heterocycles. The molecule has 0 aliphatic rings. The first kappa shape index (κ1) is 5.86. The molecule has 0 saturated heterocycles. The van der Waals surface area contributed by atoms with E-state index in [1.165, 1.54) is 4.92 Å². The van der Waals surface area contributed by atoms with Gasteiger partial charge in [-0.15, -0.1) is 0 Å². The molecule has 3 heteroatoms. The monoisotopic (exact) mass is 152 g/mol. The Morgan fingerprint density at radius 2 is 2.50 bits per heavy atom. The third kappa shape index (κ3) is 3.86. The van der Waals surface area contributed by atoms with E-state index in [2.05, 4.69) is 15.6 Å². The minimum absolute atomic E-state index is 0.111. The molecule has 1 N–H and O–H groups in total. The number of aliphatic carboxylic acids is 1.